The van der Waals surface area contributed by atoms with Crippen molar-refractivity contribution in [3.63, 3.8) is 0 Å². The number of methoxy groups -OCH3 is 1. The summed E-state index contributed by atoms with van der Waals surface area (Å²) in [5, 5.41) is 10.7. The molecular weight excluding hydrogens is 330 g/mol. The molecule has 6 heteroatoms. The smallest absolute Gasteiger partial charge is 0.253 e. The summed E-state index contributed by atoms with van der Waals surface area (Å²) in [7, 11) is 3.78. The fourth-order valence-corrected chi connectivity index (χ4v) is 3.90. The van der Waals surface area contributed by atoms with Crippen LogP contribution < -0.4 is 0 Å². The highest BCUT2D eigenvalue weighted by molar-refractivity contribution is 5.98. The van der Waals surface area contributed by atoms with Gasteiger partial charge in [0, 0.05) is 62.6 Å². The topological polar surface area (TPSA) is 68.8 Å². The summed E-state index contributed by atoms with van der Waals surface area (Å²) in [4.78, 5) is 20.3. The summed E-state index contributed by atoms with van der Waals surface area (Å²) < 4.78 is 5.14. The zero-order valence-corrected chi connectivity index (χ0v) is 15.6. The standard InChI is InChI=1S/C20H29N3O3/c1-22(7-8-26-2)11-15-9-16(14-24)13-23(12-15)20(25)18-3-4-19-17(10-18)5-6-21-19/h3-6,10,15-16,21,24H,7-9,11-14H2,1-2H3/t15-,16+/m1/s1. The summed E-state index contributed by atoms with van der Waals surface area (Å²) in [5.41, 5.74) is 1.74. The largest absolute Gasteiger partial charge is 0.396 e. The molecule has 0 bridgehead atoms. The molecule has 2 atom stereocenters. The Hall–Kier alpha value is -1.89. The molecule has 1 aromatic heterocycles. The van der Waals surface area contributed by atoms with Gasteiger partial charge in [0.05, 0.1) is 6.61 Å². The predicted molar refractivity (Wildman–Crippen MR) is 102 cm³/mol. The van der Waals surface area contributed by atoms with E-state index in [2.05, 4.69) is 16.9 Å². The van der Waals surface area contributed by atoms with Crippen LogP contribution in [0.2, 0.25) is 0 Å². The fourth-order valence-electron chi connectivity index (χ4n) is 3.90. The van der Waals surface area contributed by atoms with E-state index in [1.807, 2.05) is 35.4 Å². The molecule has 1 aliphatic rings. The number of aliphatic hydroxyl groups is 1. The van der Waals surface area contributed by atoms with Gasteiger partial charge in [-0.25, -0.2) is 0 Å². The number of nitrogens with zero attached hydrogens (tertiary/aromatic N) is 2. The molecule has 0 aliphatic carbocycles. The lowest BCUT2D eigenvalue weighted by molar-refractivity contribution is 0.0451. The summed E-state index contributed by atoms with van der Waals surface area (Å²) in [6, 6.07) is 7.75. The molecule has 1 aliphatic heterocycles. The van der Waals surface area contributed by atoms with E-state index in [9.17, 15) is 9.90 Å². The molecule has 1 aromatic carbocycles. The van der Waals surface area contributed by atoms with Crippen molar-refractivity contribution >= 4 is 16.8 Å². The van der Waals surface area contributed by atoms with Crippen molar-refractivity contribution in [2.45, 2.75) is 6.42 Å². The number of aromatic nitrogens is 1. The SMILES string of the molecule is COCCN(C)C[C@H]1C[C@H](CO)CN(C(=O)c2ccc3[nH]ccc3c2)C1. The molecular formula is C20H29N3O3. The third kappa shape index (κ3) is 4.44. The molecule has 0 unspecified atom stereocenters. The first kappa shape index (κ1) is 18.9. The molecule has 2 heterocycles. The van der Waals surface area contributed by atoms with Crippen LogP contribution in [0, 0.1) is 11.8 Å². The molecule has 6 nitrogen and oxygen atoms in total. The van der Waals surface area contributed by atoms with E-state index in [1.165, 1.54) is 0 Å². The summed E-state index contributed by atoms with van der Waals surface area (Å²) in [6.07, 6.45) is 2.84. The first-order valence-corrected chi connectivity index (χ1v) is 9.25. The Labute approximate surface area is 154 Å². The second-order valence-corrected chi connectivity index (χ2v) is 7.40. The molecule has 26 heavy (non-hydrogen) atoms. The number of likely N-dealkylation sites (tertiary alicyclic amines) is 1. The van der Waals surface area contributed by atoms with E-state index < -0.39 is 0 Å². The quantitative estimate of drug-likeness (QED) is 0.791. The van der Waals surface area contributed by atoms with Crippen LogP contribution in [0.5, 0.6) is 0 Å². The highest BCUT2D eigenvalue weighted by Crippen LogP contribution is 2.25. The van der Waals surface area contributed by atoms with Crippen molar-refractivity contribution in [3.8, 4) is 0 Å². The molecule has 0 spiro atoms. The molecule has 2 N–H and O–H groups in total. The van der Waals surface area contributed by atoms with Crippen molar-refractivity contribution in [3.05, 3.63) is 36.0 Å². The fraction of sp³-hybridized carbons (Fsp3) is 0.550. The second kappa shape index (κ2) is 8.66. The molecule has 1 amide bonds. The van der Waals surface area contributed by atoms with Crippen molar-refractivity contribution in [2.75, 3.05) is 53.6 Å². The normalized spacial score (nSPS) is 20.8. The van der Waals surface area contributed by atoms with E-state index in [0.29, 0.717) is 24.6 Å². The number of hydrogen-bond donors (Lipinski definition) is 2. The van der Waals surface area contributed by atoms with Crippen LogP contribution >= 0.6 is 0 Å². The summed E-state index contributed by atoms with van der Waals surface area (Å²) >= 11 is 0. The third-order valence-corrected chi connectivity index (χ3v) is 5.22. The predicted octanol–water partition coefficient (Wildman–Crippen LogP) is 1.82. The van der Waals surface area contributed by atoms with Crippen molar-refractivity contribution in [1.29, 1.82) is 0 Å². The number of aromatic amines is 1. The molecule has 2 aromatic rings. The number of fused-ring (bicyclic) bond motifs is 1. The Balaban J connectivity index is 1.69. The highest BCUT2D eigenvalue weighted by Gasteiger charge is 2.30. The summed E-state index contributed by atoms with van der Waals surface area (Å²) in [6.45, 7) is 3.96. The Morgan fingerprint density at radius 1 is 1.35 bits per heavy atom. The van der Waals surface area contributed by atoms with E-state index in [-0.39, 0.29) is 18.4 Å². The van der Waals surface area contributed by atoms with Crippen molar-refractivity contribution in [1.82, 2.24) is 14.8 Å². The van der Waals surface area contributed by atoms with Gasteiger partial charge in [0.2, 0.25) is 0 Å². The van der Waals surface area contributed by atoms with Gasteiger partial charge >= 0.3 is 0 Å². The third-order valence-electron chi connectivity index (χ3n) is 5.22. The van der Waals surface area contributed by atoms with Crippen molar-refractivity contribution < 1.29 is 14.6 Å². The number of aliphatic hydroxyl groups excluding tert-OH is 1. The van der Waals surface area contributed by atoms with Gasteiger partial charge in [-0.05, 0) is 49.6 Å². The number of piperidine rings is 1. The first-order valence-electron chi connectivity index (χ1n) is 9.25. The maximum atomic E-state index is 13.0. The van der Waals surface area contributed by atoms with Gasteiger partial charge in [0.15, 0.2) is 0 Å². The second-order valence-electron chi connectivity index (χ2n) is 7.40. The van der Waals surface area contributed by atoms with E-state index in [4.69, 9.17) is 4.74 Å². The van der Waals surface area contributed by atoms with Crippen LogP contribution in [0.4, 0.5) is 0 Å². The van der Waals surface area contributed by atoms with E-state index >= 15 is 0 Å². The highest BCUT2D eigenvalue weighted by atomic mass is 16.5. The number of nitrogens with one attached hydrogen (secondary N) is 1. The number of rotatable bonds is 7. The Morgan fingerprint density at radius 3 is 2.92 bits per heavy atom. The number of ether oxygens (including phenoxy) is 1. The minimum atomic E-state index is 0.0517. The van der Waals surface area contributed by atoms with E-state index in [1.54, 1.807) is 7.11 Å². The number of hydrogen-bond acceptors (Lipinski definition) is 4. The summed E-state index contributed by atoms with van der Waals surface area (Å²) in [5.74, 6) is 0.558. The molecule has 1 saturated heterocycles. The number of H-pyrrole nitrogens is 1. The van der Waals surface area contributed by atoms with Gasteiger partial charge in [-0.2, -0.15) is 0 Å². The maximum absolute atomic E-state index is 13.0. The molecule has 1 fully saturated rings. The van der Waals surface area contributed by atoms with Gasteiger partial charge in [-0.1, -0.05) is 0 Å². The minimum absolute atomic E-state index is 0.0517. The van der Waals surface area contributed by atoms with Gasteiger partial charge in [0.1, 0.15) is 0 Å². The minimum Gasteiger partial charge on any atom is -0.396 e. The van der Waals surface area contributed by atoms with E-state index in [0.717, 1.165) is 37.0 Å². The zero-order chi connectivity index (χ0) is 18.5. The molecule has 142 valence electrons. The number of amides is 1. The van der Waals surface area contributed by atoms with Gasteiger partial charge < -0.3 is 24.6 Å². The van der Waals surface area contributed by atoms with Gasteiger partial charge in [0.25, 0.3) is 5.91 Å². The molecule has 3 rings (SSSR count). The lowest BCUT2D eigenvalue weighted by Crippen LogP contribution is -2.47. The Kier molecular flexibility index (Phi) is 6.29. The lowest BCUT2D eigenvalue weighted by Gasteiger charge is -2.38. The van der Waals surface area contributed by atoms with Gasteiger partial charge in [-0.3, -0.25) is 4.79 Å². The van der Waals surface area contributed by atoms with Crippen LogP contribution in [0.15, 0.2) is 30.5 Å². The van der Waals surface area contributed by atoms with Crippen LogP contribution in [0.1, 0.15) is 16.8 Å². The number of carbonyl (C=O) groups is 1. The Morgan fingerprint density at radius 2 is 2.15 bits per heavy atom. The monoisotopic (exact) mass is 359 g/mol. The molecule has 0 saturated carbocycles. The zero-order valence-electron chi connectivity index (χ0n) is 15.6. The molecule has 0 radical (unpaired) electrons. The average Bonchev–Trinajstić information content (AvgIpc) is 3.13. The van der Waals surface area contributed by atoms with Crippen LogP contribution in [-0.2, 0) is 4.74 Å². The van der Waals surface area contributed by atoms with Crippen LogP contribution in [0.3, 0.4) is 0 Å². The lowest BCUT2D eigenvalue weighted by atomic mass is 9.88. The number of benzene rings is 1. The average molecular weight is 359 g/mol. The number of carbonyl (C=O) groups excluding carboxylic acids is 1. The first-order chi connectivity index (χ1) is 12.6. The van der Waals surface area contributed by atoms with Crippen molar-refractivity contribution in [2.24, 2.45) is 11.8 Å². The number of likely N-dealkylation sites (N-methyl/N-ethyl adjacent to an activating group) is 1. The van der Waals surface area contributed by atoms with Crippen LogP contribution in [-0.4, -0.2) is 79.3 Å². The maximum Gasteiger partial charge on any atom is 0.253 e. The van der Waals surface area contributed by atoms with Gasteiger partial charge in [-0.15, -0.1) is 0 Å². The van der Waals surface area contributed by atoms with Crippen LogP contribution in [0.25, 0.3) is 10.9 Å². The Bertz CT molecular complexity index is 730.